The fourth-order valence-electron chi connectivity index (χ4n) is 1.17. The van der Waals surface area contributed by atoms with Crippen molar-refractivity contribution in [1.29, 1.82) is 0 Å². The predicted molar refractivity (Wildman–Crippen MR) is 70.5 cm³/mol. The van der Waals surface area contributed by atoms with Crippen LogP contribution in [0.3, 0.4) is 0 Å². The highest BCUT2D eigenvalue weighted by Gasteiger charge is 2.28. The molecule has 0 saturated carbocycles. The molecule has 16 heavy (non-hydrogen) atoms. The highest BCUT2D eigenvalue weighted by atomic mass is 32.2. The monoisotopic (exact) mass is 247 g/mol. The van der Waals surface area contributed by atoms with Crippen LogP contribution in [0.15, 0.2) is 11.6 Å². The van der Waals surface area contributed by atoms with Crippen LogP contribution in [-0.4, -0.2) is 32.5 Å². The maximum atomic E-state index is 11.8. The van der Waals surface area contributed by atoms with Crippen molar-refractivity contribution in [1.82, 2.24) is 5.32 Å². The van der Waals surface area contributed by atoms with Gasteiger partial charge in [0.25, 0.3) is 0 Å². The Hall–Kier alpha value is -0.350. The van der Waals surface area contributed by atoms with E-state index in [1.54, 1.807) is 20.8 Å². The third-order valence-electron chi connectivity index (χ3n) is 2.59. The molecule has 0 rings (SSSR count). The van der Waals surface area contributed by atoms with E-state index in [1.807, 2.05) is 14.0 Å². The first kappa shape index (κ1) is 15.7. The van der Waals surface area contributed by atoms with Crippen molar-refractivity contribution in [3.05, 3.63) is 11.6 Å². The second kappa shape index (κ2) is 6.40. The zero-order chi connectivity index (χ0) is 12.8. The number of hydrogen-bond donors (Lipinski definition) is 1. The van der Waals surface area contributed by atoms with E-state index in [0.717, 1.165) is 18.5 Å². The number of rotatable bonds is 6. The normalized spacial score (nSPS) is 14.2. The lowest BCUT2D eigenvalue weighted by Gasteiger charge is -2.19. The summed E-state index contributed by atoms with van der Waals surface area (Å²) >= 11 is 0. The molecule has 0 aliphatic heterocycles. The molecule has 0 saturated heterocycles. The summed E-state index contributed by atoms with van der Waals surface area (Å²) in [4.78, 5) is 0. The van der Waals surface area contributed by atoms with Gasteiger partial charge in [-0.15, -0.1) is 0 Å². The molecule has 96 valence electrons. The van der Waals surface area contributed by atoms with Crippen LogP contribution < -0.4 is 5.32 Å². The second-order valence-corrected chi connectivity index (χ2v) is 7.99. The van der Waals surface area contributed by atoms with Gasteiger partial charge in [0.2, 0.25) is 0 Å². The third-order valence-corrected chi connectivity index (χ3v) is 5.19. The van der Waals surface area contributed by atoms with Gasteiger partial charge in [0.1, 0.15) is 0 Å². The molecular formula is C12H25NO2S. The Morgan fingerprint density at radius 3 is 2.31 bits per heavy atom. The summed E-state index contributed by atoms with van der Waals surface area (Å²) < 4.78 is 23.1. The van der Waals surface area contributed by atoms with E-state index in [2.05, 4.69) is 11.4 Å². The van der Waals surface area contributed by atoms with Gasteiger partial charge in [-0.2, -0.15) is 0 Å². The molecule has 0 bridgehead atoms. The van der Waals surface area contributed by atoms with Gasteiger partial charge in [-0.25, -0.2) is 8.42 Å². The Bertz CT molecular complexity index is 323. The van der Waals surface area contributed by atoms with Gasteiger partial charge in [-0.3, -0.25) is 0 Å². The van der Waals surface area contributed by atoms with Crippen LogP contribution in [-0.2, 0) is 9.84 Å². The topological polar surface area (TPSA) is 46.2 Å². The van der Waals surface area contributed by atoms with Crippen LogP contribution in [0.25, 0.3) is 0 Å². The van der Waals surface area contributed by atoms with E-state index < -0.39 is 14.6 Å². The molecule has 0 spiro atoms. The van der Waals surface area contributed by atoms with Gasteiger partial charge in [0, 0.05) is 0 Å². The molecule has 0 aromatic rings. The minimum atomic E-state index is -2.98. The molecule has 0 aromatic carbocycles. The molecule has 0 atom stereocenters. The third kappa shape index (κ3) is 5.66. The molecule has 0 amide bonds. The SMILES string of the molecule is CNCC/C=C(/C)CCS(=O)(=O)C(C)(C)C. The van der Waals surface area contributed by atoms with Crippen LogP contribution >= 0.6 is 0 Å². The van der Waals surface area contributed by atoms with Crippen molar-refractivity contribution in [2.75, 3.05) is 19.3 Å². The number of sulfone groups is 1. The summed E-state index contributed by atoms with van der Waals surface area (Å²) in [5.74, 6) is 0.248. The van der Waals surface area contributed by atoms with Crippen LogP contribution in [0.4, 0.5) is 0 Å². The molecule has 0 heterocycles. The van der Waals surface area contributed by atoms with E-state index >= 15 is 0 Å². The molecule has 3 nitrogen and oxygen atoms in total. The molecule has 0 aliphatic carbocycles. The lowest BCUT2D eigenvalue weighted by atomic mass is 10.2. The molecule has 0 radical (unpaired) electrons. The van der Waals surface area contributed by atoms with Gasteiger partial charge in [0.15, 0.2) is 9.84 Å². The predicted octanol–water partition coefficient (Wildman–Crippen LogP) is 2.15. The highest BCUT2D eigenvalue weighted by molar-refractivity contribution is 7.92. The first-order valence-electron chi connectivity index (χ1n) is 5.73. The first-order valence-corrected chi connectivity index (χ1v) is 7.38. The fourth-order valence-corrected chi connectivity index (χ4v) is 2.37. The fraction of sp³-hybridized carbons (Fsp3) is 0.833. The molecule has 0 unspecified atom stereocenters. The standard InChI is InChI=1S/C12H25NO2S/c1-11(7-6-9-13-5)8-10-16(14,15)12(2,3)4/h7,13H,6,8-10H2,1-5H3/b11-7-. The molecule has 0 aromatic heterocycles. The van der Waals surface area contributed by atoms with Crippen LogP contribution in [0.2, 0.25) is 0 Å². The van der Waals surface area contributed by atoms with Crippen molar-refractivity contribution in [3.8, 4) is 0 Å². The van der Waals surface area contributed by atoms with E-state index in [-0.39, 0.29) is 5.75 Å². The molecule has 0 fully saturated rings. The lowest BCUT2D eigenvalue weighted by molar-refractivity contribution is 0.559. The maximum Gasteiger partial charge on any atom is 0.155 e. The van der Waals surface area contributed by atoms with Crippen molar-refractivity contribution in [2.45, 2.75) is 45.3 Å². The Labute approximate surface area is 100 Å². The van der Waals surface area contributed by atoms with Crippen molar-refractivity contribution in [2.24, 2.45) is 0 Å². The van der Waals surface area contributed by atoms with Crippen molar-refractivity contribution in [3.63, 3.8) is 0 Å². The molecule has 1 N–H and O–H groups in total. The van der Waals surface area contributed by atoms with Crippen molar-refractivity contribution >= 4 is 9.84 Å². The van der Waals surface area contributed by atoms with E-state index in [9.17, 15) is 8.42 Å². The summed E-state index contributed by atoms with van der Waals surface area (Å²) in [6, 6.07) is 0. The largest absolute Gasteiger partial charge is 0.319 e. The van der Waals surface area contributed by atoms with E-state index in [1.165, 1.54) is 0 Å². The van der Waals surface area contributed by atoms with Crippen LogP contribution in [0.1, 0.15) is 40.5 Å². The first-order chi connectivity index (χ1) is 7.20. The average molecular weight is 247 g/mol. The van der Waals surface area contributed by atoms with Gasteiger partial charge < -0.3 is 5.32 Å². The highest BCUT2D eigenvalue weighted by Crippen LogP contribution is 2.18. The van der Waals surface area contributed by atoms with Gasteiger partial charge in [-0.1, -0.05) is 11.6 Å². The second-order valence-electron chi connectivity index (χ2n) is 5.12. The summed E-state index contributed by atoms with van der Waals surface area (Å²) in [6.45, 7) is 8.18. The summed E-state index contributed by atoms with van der Waals surface area (Å²) in [5, 5.41) is 3.06. The molecule has 4 heteroatoms. The summed E-state index contributed by atoms with van der Waals surface area (Å²) in [7, 11) is -1.07. The quantitative estimate of drug-likeness (QED) is 0.578. The number of hydrogen-bond acceptors (Lipinski definition) is 3. The zero-order valence-corrected chi connectivity index (χ0v) is 11.9. The Kier molecular flexibility index (Phi) is 6.26. The van der Waals surface area contributed by atoms with E-state index in [0.29, 0.717) is 6.42 Å². The van der Waals surface area contributed by atoms with Crippen LogP contribution in [0.5, 0.6) is 0 Å². The maximum absolute atomic E-state index is 11.8. The van der Waals surface area contributed by atoms with Gasteiger partial charge in [-0.05, 0) is 54.1 Å². The smallest absolute Gasteiger partial charge is 0.155 e. The van der Waals surface area contributed by atoms with Crippen LogP contribution in [0, 0.1) is 0 Å². The molecule has 0 aliphatic rings. The Morgan fingerprint density at radius 1 is 1.31 bits per heavy atom. The van der Waals surface area contributed by atoms with Crippen molar-refractivity contribution < 1.29 is 8.42 Å². The number of allylic oxidation sites excluding steroid dienone is 1. The van der Waals surface area contributed by atoms with Gasteiger partial charge >= 0.3 is 0 Å². The minimum absolute atomic E-state index is 0.248. The molecular weight excluding hydrogens is 222 g/mol. The Balaban J connectivity index is 4.21. The zero-order valence-electron chi connectivity index (χ0n) is 11.1. The van der Waals surface area contributed by atoms with E-state index in [4.69, 9.17) is 0 Å². The average Bonchev–Trinajstić information content (AvgIpc) is 2.13. The van der Waals surface area contributed by atoms with Gasteiger partial charge in [0.05, 0.1) is 10.5 Å². The lowest BCUT2D eigenvalue weighted by Crippen LogP contribution is -2.30. The minimum Gasteiger partial charge on any atom is -0.319 e. The number of nitrogens with one attached hydrogen (secondary N) is 1. The summed E-state index contributed by atoms with van der Waals surface area (Å²) in [5.41, 5.74) is 1.16. The summed E-state index contributed by atoms with van der Waals surface area (Å²) in [6.07, 6.45) is 3.70. The Morgan fingerprint density at radius 2 is 1.88 bits per heavy atom.